The number of hydrogen-bond acceptors (Lipinski definition) is 1. The molecule has 0 saturated heterocycles. The highest BCUT2D eigenvalue weighted by atomic mass is 28.4. The molecule has 0 aromatic carbocycles. The summed E-state index contributed by atoms with van der Waals surface area (Å²) in [5, 5.41) is 1.44. The van der Waals surface area contributed by atoms with Gasteiger partial charge in [-0.05, 0) is 26.9 Å². The molecular formula is C6H16OSi2. The molecule has 9 heavy (non-hydrogen) atoms. The first-order valence-electron chi connectivity index (χ1n) is 3.23. The molecule has 0 aliphatic carbocycles. The molecule has 0 radical (unpaired) electrons. The van der Waals surface area contributed by atoms with Gasteiger partial charge in [-0.1, -0.05) is 11.3 Å². The predicted octanol–water partition coefficient (Wildman–Crippen LogP) is 0.994. The van der Waals surface area contributed by atoms with Crippen LogP contribution in [-0.2, 0) is 4.12 Å². The summed E-state index contributed by atoms with van der Waals surface area (Å²) in [6.07, 6.45) is 2.16. The van der Waals surface area contributed by atoms with Gasteiger partial charge in [0.25, 0.3) is 0 Å². The molecule has 0 fully saturated rings. The number of rotatable bonds is 2. The van der Waals surface area contributed by atoms with Crippen molar-refractivity contribution in [2.24, 2.45) is 0 Å². The number of allylic oxidation sites excluding steroid dienone is 2. The Balaban J connectivity index is 4.14. The third kappa shape index (κ3) is 2.47. The molecule has 3 heteroatoms. The first kappa shape index (κ1) is 9.13. The number of hydrogen-bond donors (Lipinski definition) is 0. The Hall–Kier alpha value is 0.134. The van der Waals surface area contributed by atoms with Crippen LogP contribution in [0, 0.1) is 0 Å². The molecule has 54 valence electrons. The summed E-state index contributed by atoms with van der Waals surface area (Å²) < 4.78 is 5.50. The van der Waals surface area contributed by atoms with Crippen molar-refractivity contribution >= 4 is 18.8 Å². The van der Waals surface area contributed by atoms with Gasteiger partial charge in [-0.25, -0.2) is 0 Å². The van der Waals surface area contributed by atoms with Gasteiger partial charge in [0.2, 0.25) is 8.32 Å². The molecule has 0 aromatic heterocycles. The molecule has 0 bridgehead atoms. The van der Waals surface area contributed by atoms with E-state index in [9.17, 15) is 0 Å². The van der Waals surface area contributed by atoms with Gasteiger partial charge in [0.15, 0.2) is 0 Å². The Bertz CT molecular complexity index is 118. The van der Waals surface area contributed by atoms with Gasteiger partial charge in [-0.3, -0.25) is 0 Å². The SMILES string of the molecule is CC=C(C)[Si](C)(C)O[SiH3]. The first-order chi connectivity index (χ1) is 4.04. The summed E-state index contributed by atoms with van der Waals surface area (Å²) in [4.78, 5) is 0. The summed E-state index contributed by atoms with van der Waals surface area (Å²) >= 11 is 0. The average Bonchev–Trinajstić information content (AvgIpc) is 1.86. The van der Waals surface area contributed by atoms with Crippen molar-refractivity contribution in [3.05, 3.63) is 11.3 Å². The molecule has 0 spiro atoms. The van der Waals surface area contributed by atoms with Gasteiger partial charge < -0.3 is 4.12 Å². The maximum absolute atomic E-state index is 5.50. The van der Waals surface area contributed by atoms with Gasteiger partial charge in [0.1, 0.15) is 10.5 Å². The largest absolute Gasteiger partial charge is 0.461 e. The molecule has 0 aromatic rings. The van der Waals surface area contributed by atoms with Crippen LogP contribution in [0.1, 0.15) is 13.8 Å². The summed E-state index contributed by atoms with van der Waals surface area (Å²) in [7, 11) is -0.487. The topological polar surface area (TPSA) is 9.23 Å². The lowest BCUT2D eigenvalue weighted by Crippen LogP contribution is -2.31. The second-order valence-corrected chi connectivity index (χ2v) is 8.13. The second kappa shape index (κ2) is 3.34. The second-order valence-electron chi connectivity index (χ2n) is 2.69. The molecule has 0 saturated carbocycles. The van der Waals surface area contributed by atoms with Crippen LogP contribution in [0.25, 0.3) is 0 Å². The summed E-state index contributed by atoms with van der Waals surface area (Å²) in [6, 6.07) is 0. The normalized spacial score (nSPS) is 14.4. The summed E-state index contributed by atoms with van der Waals surface area (Å²) in [5.74, 6) is 0. The molecular weight excluding hydrogens is 144 g/mol. The van der Waals surface area contributed by atoms with Crippen LogP contribution in [0.2, 0.25) is 13.1 Å². The van der Waals surface area contributed by atoms with Crippen LogP contribution in [0.15, 0.2) is 11.3 Å². The smallest absolute Gasteiger partial charge is 0.200 e. The average molecular weight is 160 g/mol. The third-order valence-corrected chi connectivity index (χ3v) is 8.16. The molecule has 1 nitrogen and oxygen atoms in total. The van der Waals surface area contributed by atoms with E-state index in [1.165, 1.54) is 5.20 Å². The predicted molar refractivity (Wildman–Crippen MR) is 47.9 cm³/mol. The fraction of sp³-hybridized carbons (Fsp3) is 0.667. The van der Waals surface area contributed by atoms with E-state index in [-0.39, 0.29) is 0 Å². The van der Waals surface area contributed by atoms with E-state index in [4.69, 9.17) is 4.12 Å². The van der Waals surface area contributed by atoms with E-state index in [0.29, 0.717) is 0 Å². The van der Waals surface area contributed by atoms with Crippen LogP contribution in [0.4, 0.5) is 0 Å². The lowest BCUT2D eigenvalue weighted by molar-refractivity contribution is 0.621. The minimum Gasteiger partial charge on any atom is -0.461 e. The fourth-order valence-electron chi connectivity index (χ4n) is 0.509. The molecule has 0 rings (SSSR count). The van der Waals surface area contributed by atoms with Crippen LogP contribution >= 0.6 is 0 Å². The minimum absolute atomic E-state index is 0.871. The van der Waals surface area contributed by atoms with Crippen molar-refractivity contribution in [1.29, 1.82) is 0 Å². The molecule has 0 amide bonds. The van der Waals surface area contributed by atoms with Crippen LogP contribution in [0.3, 0.4) is 0 Å². The minimum atomic E-state index is -1.36. The van der Waals surface area contributed by atoms with Gasteiger partial charge in [-0.2, -0.15) is 0 Å². The van der Waals surface area contributed by atoms with Crippen molar-refractivity contribution in [1.82, 2.24) is 0 Å². The Morgan fingerprint density at radius 2 is 2.00 bits per heavy atom. The van der Waals surface area contributed by atoms with E-state index >= 15 is 0 Å². The van der Waals surface area contributed by atoms with Crippen molar-refractivity contribution in [3.63, 3.8) is 0 Å². The highest BCUT2D eigenvalue weighted by Gasteiger charge is 2.20. The maximum Gasteiger partial charge on any atom is 0.200 e. The van der Waals surface area contributed by atoms with Crippen LogP contribution < -0.4 is 0 Å². The van der Waals surface area contributed by atoms with E-state index in [0.717, 1.165) is 10.5 Å². The lowest BCUT2D eigenvalue weighted by Gasteiger charge is -2.21. The standard InChI is InChI=1S/C6H16OSi2/c1-5-6(2)9(3,4)7-8/h5H,1-4,8H3. The Morgan fingerprint density at radius 1 is 1.56 bits per heavy atom. The zero-order valence-electron chi connectivity index (χ0n) is 6.99. The monoisotopic (exact) mass is 160 g/mol. The van der Waals surface area contributed by atoms with E-state index in [1.54, 1.807) is 0 Å². The highest BCUT2D eigenvalue weighted by Crippen LogP contribution is 2.13. The van der Waals surface area contributed by atoms with Crippen LogP contribution in [0.5, 0.6) is 0 Å². The zero-order valence-corrected chi connectivity index (χ0v) is 9.99. The first-order valence-corrected chi connectivity index (χ1v) is 6.95. The van der Waals surface area contributed by atoms with Gasteiger partial charge >= 0.3 is 0 Å². The van der Waals surface area contributed by atoms with Crippen molar-refractivity contribution in [2.75, 3.05) is 0 Å². The molecule has 0 heterocycles. The van der Waals surface area contributed by atoms with Crippen molar-refractivity contribution in [2.45, 2.75) is 26.9 Å². The quantitative estimate of drug-likeness (QED) is 0.548. The Kier molecular flexibility index (Phi) is 3.39. The molecule has 0 atom stereocenters. The molecule has 0 aliphatic rings. The van der Waals surface area contributed by atoms with Crippen molar-refractivity contribution in [3.8, 4) is 0 Å². The molecule has 0 unspecified atom stereocenters. The van der Waals surface area contributed by atoms with Gasteiger partial charge in [0, 0.05) is 0 Å². The van der Waals surface area contributed by atoms with Gasteiger partial charge in [0.05, 0.1) is 0 Å². The van der Waals surface area contributed by atoms with E-state index < -0.39 is 8.32 Å². The highest BCUT2D eigenvalue weighted by molar-refractivity contribution is 6.80. The summed E-state index contributed by atoms with van der Waals surface area (Å²) in [6.45, 7) is 8.69. The van der Waals surface area contributed by atoms with E-state index in [1.807, 2.05) is 0 Å². The maximum atomic E-state index is 5.50. The Labute approximate surface area is 61.8 Å². The molecule has 0 aliphatic heterocycles. The fourth-order valence-corrected chi connectivity index (χ4v) is 2.49. The van der Waals surface area contributed by atoms with Crippen LogP contribution in [-0.4, -0.2) is 18.8 Å². The zero-order chi connectivity index (χ0) is 7.49. The Morgan fingerprint density at radius 3 is 2.11 bits per heavy atom. The lowest BCUT2D eigenvalue weighted by atomic mass is 10.6. The van der Waals surface area contributed by atoms with E-state index in [2.05, 4.69) is 33.0 Å². The third-order valence-electron chi connectivity index (χ3n) is 1.89. The molecule has 0 N–H and O–H groups in total. The van der Waals surface area contributed by atoms with Gasteiger partial charge in [-0.15, -0.1) is 0 Å². The summed E-state index contributed by atoms with van der Waals surface area (Å²) in [5.41, 5.74) is 0. The van der Waals surface area contributed by atoms with Crippen molar-refractivity contribution < 1.29 is 4.12 Å².